The molecule has 0 saturated heterocycles. The van der Waals surface area contributed by atoms with Gasteiger partial charge in [-0.05, 0) is 30.7 Å². The molecule has 6 heteroatoms. The third-order valence-corrected chi connectivity index (χ3v) is 3.25. The largest absolute Gasteiger partial charge is 0.507 e. The minimum absolute atomic E-state index is 0.123. The van der Waals surface area contributed by atoms with Crippen LogP contribution in [0.4, 0.5) is 5.69 Å². The molecule has 0 aliphatic heterocycles. The van der Waals surface area contributed by atoms with Gasteiger partial charge in [0.25, 0.3) is 5.69 Å². The highest BCUT2D eigenvalue weighted by atomic mass is 16.6. The van der Waals surface area contributed by atoms with Crippen molar-refractivity contribution in [3.63, 3.8) is 0 Å². The summed E-state index contributed by atoms with van der Waals surface area (Å²) in [5.74, 6) is -1.11. The van der Waals surface area contributed by atoms with Crippen LogP contribution in [-0.2, 0) is 0 Å². The van der Waals surface area contributed by atoms with Crippen LogP contribution in [0.5, 0.6) is 5.75 Å². The molecular weight excluding hydrogens is 286 g/mol. The van der Waals surface area contributed by atoms with Gasteiger partial charge in [-0.3, -0.25) is 19.7 Å². The smallest absolute Gasteiger partial charge is 0.269 e. The predicted molar refractivity (Wildman–Crippen MR) is 79.2 cm³/mol. The second kappa shape index (κ2) is 6.17. The van der Waals surface area contributed by atoms with Gasteiger partial charge in [-0.1, -0.05) is 12.1 Å². The van der Waals surface area contributed by atoms with E-state index in [1.165, 1.54) is 30.3 Å². The summed E-state index contributed by atoms with van der Waals surface area (Å²) in [4.78, 5) is 34.2. The fourth-order valence-electron chi connectivity index (χ4n) is 2.12. The van der Waals surface area contributed by atoms with Crippen LogP contribution in [0.2, 0.25) is 0 Å². The second-order valence-electron chi connectivity index (χ2n) is 4.80. The second-order valence-corrected chi connectivity index (χ2v) is 4.80. The summed E-state index contributed by atoms with van der Waals surface area (Å²) < 4.78 is 0. The molecule has 0 aromatic heterocycles. The number of hydrogen-bond donors (Lipinski definition) is 1. The van der Waals surface area contributed by atoms with Gasteiger partial charge in [-0.25, -0.2) is 0 Å². The number of hydrogen-bond acceptors (Lipinski definition) is 5. The minimum atomic E-state index is -0.565. The number of Topliss-reactive ketones (excluding diaryl/α,β-unsaturated/α-hetero) is 2. The number of non-ortho nitro benzene ring substituents is 1. The van der Waals surface area contributed by atoms with Crippen LogP contribution in [0.3, 0.4) is 0 Å². The Morgan fingerprint density at radius 3 is 2.27 bits per heavy atom. The van der Waals surface area contributed by atoms with Gasteiger partial charge in [-0.2, -0.15) is 0 Å². The quantitative estimate of drug-likeness (QED) is 0.396. The molecule has 112 valence electrons. The Labute approximate surface area is 126 Å². The third kappa shape index (κ3) is 3.17. The van der Waals surface area contributed by atoms with E-state index in [1.54, 1.807) is 19.1 Å². The van der Waals surface area contributed by atoms with Crippen LogP contribution in [0, 0.1) is 17.0 Å². The number of nitro groups is 1. The zero-order valence-corrected chi connectivity index (χ0v) is 11.8. The minimum Gasteiger partial charge on any atom is -0.507 e. The number of ketones is 2. The first-order chi connectivity index (χ1) is 10.4. The number of aromatic hydroxyl groups is 1. The Bertz CT molecular complexity index is 729. The molecule has 2 aromatic rings. The Hall–Kier alpha value is -3.02. The summed E-state index contributed by atoms with van der Waals surface area (Å²) in [6.45, 7) is 1.67. The van der Waals surface area contributed by atoms with E-state index in [4.69, 9.17) is 0 Å². The van der Waals surface area contributed by atoms with Gasteiger partial charge < -0.3 is 5.11 Å². The van der Waals surface area contributed by atoms with E-state index in [0.29, 0.717) is 5.56 Å². The first-order valence-electron chi connectivity index (χ1n) is 6.49. The molecule has 0 aliphatic rings. The van der Waals surface area contributed by atoms with Crippen molar-refractivity contribution < 1.29 is 19.6 Å². The van der Waals surface area contributed by atoms with E-state index in [2.05, 4.69) is 0 Å². The molecule has 2 aromatic carbocycles. The maximum absolute atomic E-state index is 12.2. The zero-order chi connectivity index (χ0) is 16.3. The maximum atomic E-state index is 12.2. The summed E-state index contributed by atoms with van der Waals surface area (Å²) in [5.41, 5.74) is 0.797. The molecule has 0 heterocycles. The number of carbonyl (C=O) groups is 2. The van der Waals surface area contributed by atoms with Gasteiger partial charge in [-0.15, -0.1) is 0 Å². The lowest BCUT2D eigenvalue weighted by Gasteiger charge is -2.07. The molecule has 22 heavy (non-hydrogen) atoms. The molecule has 0 radical (unpaired) electrons. The molecule has 6 nitrogen and oxygen atoms in total. The average molecular weight is 299 g/mol. The molecule has 0 atom stereocenters. The summed E-state index contributed by atoms with van der Waals surface area (Å²) in [7, 11) is 0. The molecule has 0 spiro atoms. The number of phenols is 1. The fraction of sp³-hybridized carbons (Fsp3) is 0.125. The van der Waals surface area contributed by atoms with Crippen molar-refractivity contribution in [3.05, 3.63) is 69.3 Å². The molecule has 0 fully saturated rings. The highest BCUT2D eigenvalue weighted by molar-refractivity contribution is 6.14. The normalized spacial score (nSPS) is 10.2. The van der Waals surface area contributed by atoms with Crippen LogP contribution < -0.4 is 0 Å². The third-order valence-electron chi connectivity index (χ3n) is 3.25. The first-order valence-corrected chi connectivity index (χ1v) is 6.49. The van der Waals surface area contributed by atoms with E-state index < -0.39 is 22.9 Å². The topological polar surface area (TPSA) is 97.5 Å². The van der Waals surface area contributed by atoms with Crippen molar-refractivity contribution in [1.82, 2.24) is 0 Å². The number of phenolic OH excluding ortho intramolecular Hbond substituents is 1. The molecule has 2 rings (SSSR count). The van der Waals surface area contributed by atoms with Gasteiger partial charge in [0.15, 0.2) is 11.6 Å². The average Bonchev–Trinajstić information content (AvgIpc) is 2.47. The Morgan fingerprint density at radius 2 is 1.73 bits per heavy atom. The Kier molecular flexibility index (Phi) is 4.31. The van der Waals surface area contributed by atoms with Crippen LogP contribution in [-0.4, -0.2) is 21.6 Å². The summed E-state index contributed by atoms with van der Waals surface area (Å²) in [6.07, 6.45) is -0.407. The lowest BCUT2D eigenvalue weighted by atomic mass is 9.97. The predicted octanol–water partition coefficient (Wildman–Crippen LogP) is 3.06. The summed E-state index contributed by atoms with van der Waals surface area (Å²) in [5, 5.41) is 20.3. The van der Waals surface area contributed by atoms with Gasteiger partial charge >= 0.3 is 0 Å². The standard InChI is InChI=1S/C16H13NO5/c1-10-3-2-4-13(18)16(10)15(20)9-14(19)11-5-7-12(8-6-11)17(21)22/h2-8,18H,9H2,1H3. The highest BCUT2D eigenvalue weighted by Crippen LogP contribution is 2.23. The number of nitro benzene ring substituents is 1. The number of rotatable bonds is 5. The van der Waals surface area contributed by atoms with Gasteiger partial charge in [0.2, 0.25) is 0 Å². The number of nitrogens with zero attached hydrogens (tertiary/aromatic N) is 1. The summed E-state index contributed by atoms with van der Waals surface area (Å²) >= 11 is 0. The highest BCUT2D eigenvalue weighted by Gasteiger charge is 2.19. The Morgan fingerprint density at radius 1 is 1.09 bits per heavy atom. The van der Waals surface area contributed by atoms with Crippen LogP contribution in [0.25, 0.3) is 0 Å². The number of aryl methyl sites for hydroxylation is 1. The van der Waals surface area contributed by atoms with Gasteiger partial charge in [0.05, 0.1) is 16.9 Å². The lowest BCUT2D eigenvalue weighted by molar-refractivity contribution is -0.384. The van der Waals surface area contributed by atoms with Crippen LogP contribution in [0.15, 0.2) is 42.5 Å². The fourth-order valence-corrected chi connectivity index (χ4v) is 2.12. The summed E-state index contributed by atoms with van der Waals surface area (Å²) in [6, 6.07) is 9.71. The number of benzene rings is 2. The van der Waals surface area contributed by atoms with Crippen molar-refractivity contribution in [3.8, 4) is 5.75 Å². The maximum Gasteiger partial charge on any atom is 0.269 e. The van der Waals surface area contributed by atoms with E-state index in [1.807, 2.05) is 0 Å². The van der Waals surface area contributed by atoms with Crippen molar-refractivity contribution in [2.24, 2.45) is 0 Å². The molecule has 0 unspecified atom stereocenters. The molecule has 0 aliphatic carbocycles. The Balaban J connectivity index is 2.18. The zero-order valence-electron chi connectivity index (χ0n) is 11.8. The lowest BCUT2D eigenvalue weighted by Crippen LogP contribution is -2.10. The van der Waals surface area contributed by atoms with E-state index in [-0.39, 0.29) is 22.6 Å². The van der Waals surface area contributed by atoms with Gasteiger partial charge in [0, 0.05) is 17.7 Å². The SMILES string of the molecule is Cc1cccc(O)c1C(=O)CC(=O)c1ccc([N+](=O)[O-])cc1. The molecule has 0 amide bonds. The molecule has 0 bridgehead atoms. The molecule has 1 N–H and O–H groups in total. The molecular formula is C16H13NO5. The van der Waals surface area contributed by atoms with Crippen molar-refractivity contribution in [2.45, 2.75) is 13.3 Å². The van der Waals surface area contributed by atoms with Crippen LogP contribution >= 0.6 is 0 Å². The monoisotopic (exact) mass is 299 g/mol. The van der Waals surface area contributed by atoms with Crippen molar-refractivity contribution in [2.75, 3.05) is 0 Å². The van der Waals surface area contributed by atoms with Crippen molar-refractivity contribution >= 4 is 17.3 Å². The van der Waals surface area contributed by atoms with Crippen molar-refractivity contribution in [1.29, 1.82) is 0 Å². The first kappa shape index (κ1) is 15.4. The van der Waals surface area contributed by atoms with E-state index >= 15 is 0 Å². The number of carbonyl (C=O) groups excluding carboxylic acids is 2. The van der Waals surface area contributed by atoms with E-state index in [9.17, 15) is 24.8 Å². The van der Waals surface area contributed by atoms with Crippen LogP contribution in [0.1, 0.15) is 32.7 Å². The van der Waals surface area contributed by atoms with E-state index in [0.717, 1.165) is 0 Å². The molecule has 0 saturated carbocycles. The van der Waals surface area contributed by atoms with Gasteiger partial charge in [0.1, 0.15) is 5.75 Å².